The van der Waals surface area contributed by atoms with Gasteiger partial charge in [0.15, 0.2) is 5.78 Å². The van der Waals surface area contributed by atoms with Gasteiger partial charge >= 0.3 is 0 Å². The van der Waals surface area contributed by atoms with Crippen molar-refractivity contribution in [3.05, 3.63) is 98.0 Å². The lowest BCUT2D eigenvalue weighted by Gasteiger charge is -2.36. The van der Waals surface area contributed by atoms with E-state index in [-0.39, 0.29) is 23.5 Å². The number of carbonyl (C=O) groups excluding carboxylic acids is 2. The maximum absolute atomic E-state index is 13.7. The second kappa shape index (κ2) is 12.5. The maximum atomic E-state index is 13.7. The van der Waals surface area contributed by atoms with Gasteiger partial charge in [-0.25, -0.2) is 4.98 Å². The number of piperazine rings is 1. The third-order valence-corrected chi connectivity index (χ3v) is 9.22. The molecule has 6 rings (SSSR count). The topological polar surface area (TPSA) is 87.5 Å². The molecule has 1 aliphatic heterocycles. The second-order valence-electron chi connectivity index (χ2n) is 11.3. The van der Waals surface area contributed by atoms with E-state index in [2.05, 4.69) is 44.4 Å². The van der Waals surface area contributed by atoms with Crippen LogP contribution >= 0.6 is 23.2 Å². The van der Waals surface area contributed by atoms with Gasteiger partial charge in [0.25, 0.3) is 5.56 Å². The van der Waals surface area contributed by atoms with Crippen LogP contribution in [0.1, 0.15) is 42.3 Å². The van der Waals surface area contributed by atoms with E-state index in [0.717, 1.165) is 44.0 Å². The molecule has 2 fully saturated rings. The summed E-state index contributed by atoms with van der Waals surface area (Å²) in [5.74, 6) is 0.184. The fraction of sp³-hybridized carbons (Fsp3) is 0.333. The number of fused-ring (bicyclic) bond motifs is 1. The van der Waals surface area contributed by atoms with E-state index in [9.17, 15) is 14.4 Å². The Morgan fingerprint density at radius 3 is 2.37 bits per heavy atom. The highest BCUT2D eigenvalue weighted by atomic mass is 35.5. The minimum absolute atomic E-state index is 0.0733. The van der Waals surface area contributed by atoms with Gasteiger partial charge in [-0.15, -0.1) is 0 Å². The van der Waals surface area contributed by atoms with Crippen molar-refractivity contribution in [2.24, 2.45) is 0 Å². The van der Waals surface area contributed by atoms with E-state index >= 15 is 0 Å². The fourth-order valence-electron chi connectivity index (χ4n) is 6.10. The number of nitrogens with one attached hydrogen (secondary N) is 1. The highest BCUT2D eigenvalue weighted by Gasteiger charge is 2.31. The lowest BCUT2D eigenvalue weighted by molar-refractivity contribution is -0.132. The number of rotatable bonds is 7. The summed E-state index contributed by atoms with van der Waals surface area (Å²) >= 11 is 12.6. The molecule has 1 saturated heterocycles. The number of hydrogen-bond donors (Lipinski definition) is 1. The Balaban J connectivity index is 1.11. The Bertz CT molecular complexity index is 1750. The summed E-state index contributed by atoms with van der Waals surface area (Å²) < 4.78 is 1.47. The highest BCUT2D eigenvalue weighted by molar-refractivity contribution is 6.43. The van der Waals surface area contributed by atoms with Crippen LogP contribution in [0.15, 0.2) is 65.5 Å². The van der Waals surface area contributed by atoms with E-state index in [1.54, 1.807) is 6.92 Å². The molecular formula is C33H33Cl2N5O3. The van der Waals surface area contributed by atoms with Gasteiger partial charge in [0.1, 0.15) is 11.6 Å². The Hall–Kier alpha value is -3.72. The molecule has 4 aromatic rings. The molecule has 1 aliphatic carbocycles. The molecule has 1 saturated carbocycles. The third-order valence-electron chi connectivity index (χ3n) is 8.41. The Labute approximate surface area is 260 Å². The molecule has 0 spiro atoms. The average molecular weight is 619 g/mol. The van der Waals surface area contributed by atoms with Gasteiger partial charge in [0.05, 0.1) is 39.1 Å². The number of aromatic nitrogens is 2. The number of halogens is 2. The summed E-state index contributed by atoms with van der Waals surface area (Å²) in [5, 5.41) is 5.05. The van der Waals surface area contributed by atoms with Crippen molar-refractivity contribution >= 4 is 57.0 Å². The summed E-state index contributed by atoms with van der Waals surface area (Å²) in [6, 6.07) is 19.2. The number of hydrogen-bond acceptors (Lipinski definition) is 7. The van der Waals surface area contributed by atoms with Crippen molar-refractivity contribution in [1.29, 1.82) is 0 Å². The van der Waals surface area contributed by atoms with Crippen LogP contribution in [0, 0.1) is 6.92 Å². The van der Waals surface area contributed by atoms with Crippen LogP contribution < -0.4 is 15.8 Å². The van der Waals surface area contributed by atoms with Gasteiger partial charge in [-0.3, -0.25) is 23.9 Å². The van der Waals surface area contributed by atoms with Gasteiger partial charge in [0, 0.05) is 51.4 Å². The Morgan fingerprint density at radius 1 is 0.907 bits per heavy atom. The normalized spacial score (nSPS) is 17.9. The number of aryl methyl sites for hydroxylation is 1. The minimum Gasteiger partial charge on any atom is -0.380 e. The first kappa shape index (κ1) is 29.4. The van der Waals surface area contributed by atoms with Gasteiger partial charge in [0.2, 0.25) is 0 Å². The number of Topliss-reactive ketones (excluding diaryl/α,β-unsaturated/α-hetero) is 2. The fourth-order valence-corrected chi connectivity index (χ4v) is 6.52. The monoisotopic (exact) mass is 617 g/mol. The van der Waals surface area contributed by atoms with Crippen LogP contribution in [-0.2, 0) is 22.7 Å². The summed E-state index contributed by atoms with van der Waals surface area (Å²) in [5.41, 5.74) is 4.30. The largest absolute Gasteiger partial charge is 0.380 e. The van der Waals surface area contributed by atoms with Crippen molar-refractivity contribution in [1.82, 2.24) is 14.5 Å². The molecular weight excluding hydrogens is 585 g/mol. The SMILES string of the molecule is Cc1nc2cccc(NCc3ccc(CN4CCN(c5cccc(Cl)c5Cl)CC4)cc3)c2c(=O)n1C1CCC(=O)CC1=O. The van der Waals surface area contributed by atoms with Crippen molar-refractivity contribution in [2.75, 3.05) is 36.4 Å². The van der Waals surface area contributed by atoms with Crippen molar-refractivity contribution in [3.8, 4) is 0 Å². The number of benzene rings is 3. The highest BCUT2D eigenvalue weighted by Crippen LogP contribution is 2.33. The first-order valence-corrected chi connectivity index (χ1v) is 15.3. The quantitative estimate of drug-likeness (QED) is 0.262. The molecule has 10 heteroatoms. The molecule has 1 aromatic heterocycles. The molecule has 1 unspecified atom stereocenters. The van der Waals surface area contributed by atoms with Crippen LogP contribution in [0.5, 0.6) is 0 Å². The predicted octanol–water partition coefficient (Wildman–Crippen LogP) is 5.81. The molecule has 0 amide bonds. The average Bonchev–Trinajstić information content (AvgIpc) is 2.99. The van der Waals surface area contributed by atoms with Gasteiger partial charge in [-0.2, -0.15) is 0 Å². The molecule has 8 nitrogen and oxygen atoms in total. The Morgan fingerprint density at radius 2 is 1.63 bits per heavy atom. The maximum Gasteiger partial charge on any atom is 0.264 e. The molecule has 3 aromatic carbocycles. The molecule has 0 radical (unpaired) electrons. The minimum atomic E-state index is -0.652. The van der Waals surface area contributed by atoms with E-state index in [0.29, 0.717) is 51.8 Å². The number of carbonyl (C=O) groups is 2. The molecule has 1 N–H and O–H groups in total. The zero-order valence-electron chi connectivity index (χ0n) is 24.0. The zero-order valence-corrected chi connectivity index (χ0v) is 25.5. The molecule has 222 valence electrons. The van der Waals surface area contributed by atoms with Crippen LogP contribution in [0.25, 0.3) is 10.9 Å². The number of anilines is 2. The van der Waals surface area contributed by atoms with E-state index in [1.165, 1.54) is 10.1 Å². The van der Waals surface area contributed by atoms with Gasteiger partial charge < -0.3 is 10.2 Å². The molecule has 2 aliphatic rings. The molecule has 2 heterocycles. The van der Waals surface area contributed by atoms with Crippen LogP contribution in [0.4, 0.5) is 11.4 Å². The van der Waals surface area contributed by atoms with E-state index < -0.39 is 6.04 Å². The van der Waals surface area contributed by atoms with Crippen LogP contribution in [-0.4, -0.2) is 52.2 Å². The van der Waals surface area contributed by atoms with Crippen LogP contribution in [0.2, 0.25) is 10.0 Å². The van der Waals surface area contributed by atoms with Crippen molar-refractivity contribution in [3.63, 3.8) is 0 Å². The first-order valence-electron chi connectivity index (χ1n) is 14.6. The second-order valence-corrected chi connectivity index (χ2v) is 12.1. The smallest absolute Gasteiger partial charge is 0.264 e. The first-order chi connectivity index (χ1) is 20.8. The molecule has 1 atom stereocenters. The van der Waals surface area contributed by atoms with Gasteiger partial charge in [-0.05, 0) is 48.7 Å². The zero-order chi connectivity index (χ0) is 30.1. The lowest BCUT2D eigenvalue weighted by atomic mass is 9.92. The Kier molecular flexibility index (Phi) is 8.52. The van der Waals surface area contributed by atoms with Gasteiger partial charge in [-0.1, -0.05) is 59.6 Å². The van der Waals surface area contributed by atoms with E-state index in [1.807, 2.05) is 36.4 Å². The molecule has 43 heavy (non-hydrogen) atoms. The lowest BCUT2D eigenvalue weighted by Crippen LogP contribution is -2.46. The summed E-state index contributed by atoms with van der Waals surface area (Å²) in [6.45, 7) is 6.77. The third kappa shape index (κ3) is 6.18. The van der Waals surface area contributed by atoms with Crippen molar-refractivity contribution in [2.45, 2.75) is 45.3 Å². The summed E-state index contributed by atoms with van der Waals surface area (Å²) in [7, 11) is 0. The number of nitrogens with zero attached hydrogens (tertiary/aromatic N) is 4. The van der Waals surface area contributed by atoms with Crippen LogP contribution in [0.3, 0.4) is 0 Å². The van der Waals surface area contributed by atoms with Crippen molar-refractivity contribution < 1.29 is 9.59 Å². The number of ketones is 2. The standard InChI is InChI=1S/C33H33Cl2N5O3/c1-21-37-27-6-3-5-26(31(27)33(43)40(21)28-13-12-24(41)18-30(28)42)36-19-22-8-10-23(11-9-22)20-38-14-16-39(17-15-38)29-7-2-4-25(34)32(29)35/h2-11,28,36H,12-20H2,1H3. The van der Waals surface area contributed by atoms with E-state index in [4.69, 9.17) is 23.2 Å². The summed E-state index contributed by atoms with van der Waals surface area (Å²) in [4.78, 5) is 47.5. The predicted molar refractivity (Wildman–Crippen MR) is 171 cm³/mol. The summed E-state index contributed by atoms with van der Waals surface area (Å²) in [6.07, 6.45) is 0.502. The molecule has 0 bridgehead atoms.